The van der Waals surface area contributed by atoms with Gasteiger partial charge in [-0.25, -0.2) is 0 Å². The Morgan fingerprint density at radius 1 is 1.47 bits per heavy atom. The SMILES string of the molecule is CCC(COC)NCCCn1nc(C)cc1C. The van der Waals surface area contributed by atoms with Gasteiger partial charge in [0.15, 0.2) is 0 Å². The normalized spacial score (nSPS) is 12.9. The smallest absolute Gasteiger partial charge is 0.0615 e. The van der Waals surface area contributed by atoms with Gasteiger partial charge in [-0.05, 0) is 39.3 Å². The van der Waals surface area contributed by atoms with Crippen molar-refractivity contribution >= 4 is 0 Å². The van der Waals surface area contributed by atoms with Crippen molar-refractivity contribution in [3.63, 3.8) is 0 Å². The third-order valence-corrected chi connectivity index (χ3v) is 2.94. The first-order chi connectivity index (χ1) is 8.17. The van der Waals surface area contributed by atoms with Crippen LogP contribution in [-0.2, 0) is 11.3 Å². The van der Waals surface area contributed by atoms with Crippen LogP contribution < -0.4 is 5.32 Å². The van der Waals surface area contributed by atoms with Gasteiger partial charge in [-0.3, -0.25) is 4.68 Å². The summed E-state index contributed by atoms with van der Waals surface area (Å²) in [4.78, 5) is 0. The Labute approximate surface area is 104 Å². The highest BCUT2D eigenvalue weighted by molar-refractivity contribution is 5.06. The lowest BCUT2D eigenvalue weighted by molar-refractivity contribution is 0.164. The minimum atomic E-state index is 0.473. The molecule has 0 spiro atoms. The van der Waals surface area contributed by atoms with Crippen molar-refractivity contribution in [2.45, 2.75) is 46.2 Å². The average molecular weight is 239 g/mol. The summed E-state index contributed by atoms with van der Waals surface area (Å²) >= 11 is 0. The van der Waals surface area contributed by atoms with E-state index in [1.165, 1.54) is 5.69 Å². The predicted molar refractivity (Wildman–Crippen MR) is 70.3 cm³/mol. The molecule has 0 saturated carbocycles. The lowest BCUT2D eigenvalue weighted by Gasteiger charge is -2.15. The van der Waals surface area contributed by atoms with Crippen LogP contribution in [0.1, 0.15) is 31.2 Å². The molecule has 0 radical (unpaired) electrons. The zero-order chi connectivity index (χ0) is 12.7. The van der Waals surface area contributed by atoms with Crippen LogP contribution in [0.3, 0.4) is 0 Å². The Hall–Kier alpha value is -0.870. The largest absolute Gasteiger partial charge is 0.383 e. The molecular weight excluding hydrogens is 214 g/mol. The molecule has 1 aromatic rings. The molecule has 0 aliphatic rings. The van der Waals surface area contributed by atoms with Crippen molar-refractivity contribution in [3.05, 3.63) is 17.5 Å². The van der Waals surface area contributed by atoms with Crippen molar-refractivity contribution < 1.29 is 4.74 Å². The molecule has 4 heteroatoms. The maximum Gasteiger partial charge on any atom is 0.0615 e. The predicted octanol–water partition coefficient (Wildman–Crippen LogP) is 1.90. The summed E-state index contributed by atoms with van der Waals surface area (Å²) in [7, 11) is 1.75. The van der Waals surface area contributed by atoms with Gasteiger partial charge in [0.1, 0.15) is 0 Å². The summed E-state index contributed by atoms with van der Waals surface area (Å²) < 4.78 is 7.23. The van der Waals surface area contributed by atoms with Crippen LogP contribution in [0.2, 0.25) is 0 Å². The number of ether oxygens (including phenoxy) is 1. The average Bonchev–Trinajstić information content (AvgIpc) is 2.62. The molecule has 1 rings (SSSR count). The molecule has 0 bridgehead atoms. The molecule has 0 fully saturated rings. The second-order valence-corrected chi connectivity index (χ2v) is 4.52. The van der Waals surface area contributed by atoms with E-state index in [1.54, 1.807) is 7.11 Å². The van der Waals surface area contributed by atoms with Crippen molar-refractivity contribution in [2.24, 2.45) is 0 Å². The third kappa shape index (κ3) is 4.88. The van der Waals surface area contributed by atoms with Gasteiger partial charge in [0.05, 0.1) is 12.3 Å². The number of rotatable bonds is 8. The fourth-order valence-corrected chi connectivity index (χ4v) is 1.96. The Bertz CT molecular complexity index is 322. The van der Waals surface area contributed by atoms with Gasteiger partial charge >= 0.3 is 0 Å². The highest BCUT2D eigenvalue weighted by Crippen LogP contribution is 2.02. The lowest BCUT2D eigenvalue weighted by atomic mass is 10.2. The van der Waals surface area contributed by atoms with E-state index < -0.39 is 0 Å². The molecule has 0 aromatic carbocycles. The van der Waals surface area contributed by atoms with E-state index >= 15 is 0 Å². The maximum atomic E-state index is 5.15. The number of hydrogen-bond donors (Lipinski definition) is 1. The molecule has 1 aromatic heterocycles. The maximum absolute atomic E-state index is 5.15. The standard InChI is InChI=1S/C13H25N3O/c1-5-13(10-17-4)14-7-6-8-16-12(3)9-11(2)15-16/h9,13-14H,5-8,10H2,1-4H3. The van der Waals surface area contributed by atoms with Crippen molar-refractivity contribution in [1.82, 2.24) is 15.1 Å². The number of nitrogens with one attached hydrogen (secondary N) is 1. The summed E-state index contributed by atoms with van der Waals surface area (Å²) in [6.07, 6.45) is 2.20. The first kappa shape index (κ1) is 14.2. The molecular formula is C13H25N3O. The van der Waals surface area contributed by atoms with Crippen LogP contribution in [0.5, 0.6) is 0 Å². The van der Waals surface area contributed by atoms with Gasteiger partial charge in [0.25, 0.3) is 0 Å². The lowest BCUT2D eigenvalue weighted by Crippen LogP contribution is -2.33. The van der Waals surface area contributed by atoms with Gasteiger partial charge in [-0.1, -0.05) is 6.92 Å². The van der Waals surface area contributed by atoms with E-state index in [4.69, 9.17) is 4.74 Å². The fourth-order valence-electron chi connectivity index (χ4n) is 1.96. The summed E-state index contributed by atoms with van der Waals surface area (Å²) in [6, 6.07) is 2.59. The van der Waals surface area contributed by atoms with E-state index in [9.17, 15) is 0 Å². The van der Waals surface area contributed by atoms with E-state index in [0.29, 0.717) is 6.04 Å². The van der Waals surface area contributed by atoms with Crippen molar-refractivity contribution in [2.75, 3.05) is 20.3 Å². The van der Waals surface area contributed by atoms with E-state index in [2.05, 4.69) is 35.0 Å². The molecule has 1 heterocycles. The summed E-state index contributed by atoms with van der Waals surface area (Å²) in [5.74, 6) is 0. The number of hydrogen-bond acceptors (Lipinski definition) is 3. The Morgan fingerprint density at radius 3 is 2.76 bits per heavy atom. The second-order valence-electron chi connectivity index (χ2n) is 4.52. The minimum Gasteiger partial charge on any atom is -0.383 e. The fraction of sp³-hybridized carbons (Fsp3) is 0.769. The quantitative estimate of drug-likeness (QED) is 0.704. The van der Waals surface area contributed by atoms with E-state index in [0.717, 1.165) is 38.2 Å². The number of aryl methyl sites for hydroxylation is 3. The molecule has 0 aliphatic carbocycles. The molecule has 0 aliphatic heterocycles. The molecule has 0 amide bonds. The molecule has 1 atom stereocenters. The van der Waals surface area contributed by atoms with Gasteiger partial charge in [0.2, 0.25) is 0 Å². The van der Waals surface area contributed by atoms with Crippen molar-refractivity contribution in [3.8, 4) is 0 Å². The van der Waals surface area contributed by atoms with Crippen LogP contribution in [0.15, 0.2) is 6.07 Å². The van der Waals surface area contributed by atoms with Crippen LogP contribution >= 0.6 is 0 Å². The van der Waals surface area contributed by atoms with Crippen molar-refractivity contribution in [1.29, 1.82) is 0 Å². The van der Waals surface area contributed by atoms with Gasteiger partial charge in [-0.15, -0.1) is 0 Å². The number of aromatic nitrogens is 2. The number of nitrogens with zero attached hydrogens (tertiary/aromatic N) is 2. The summed E-state index contributed by atoms with van der Waals surface area (Å²) in [5, 5.41) is 7.95. The van der Waals surface area contributed by atoms with Crippen LogP contribution in [0.25, 0.3) is 0 Å². The molecule has 98 valence electrons. The van der Waals surface area contributed by atoms with Crippen LogP contribution in [0.4, 0.5) is 0 Å². The highest BCUT2D eigenvalue weighted by Gasteiger charge is 2.04. The summed E-state index contributed by atoms with van der Waals surface area (Å²) in [6.45, 7) is 9.10. The van der Waals surface area contributed by atoms with Gasteiger partial charge < -0.3 is 10.1 Å². The van der Waals surface area contributed by atoms with Crippen LogP contribution in [0, 0.1) is 13.8 Å². The highest BCUT2D eigenvalue weighted by atomic mass is 16.5. The monoisotopic (exact) mass is 239 g/mol. The molecule has 0 saturated heterocycles. The van der Waals surface area contributed by atoms with E-state index in [-0.39, 0.29) is 0 Å². The molecule has 1 N–H and O–H groups in total. The third-order valence-electron chi connectivity index (χ3n) is 2.94. The molecule has 17 heavy (non-hydrogen) atoms. The molecule has 1 unspecified atom stereocenters. The Balaban J connectivity index is 2.21. The van der Waals surface area contributed by atoms with Gasteiger partial charge in [-0.2, -0.15) is 5.10 Å². The first-order valence-corrected chi connectivity index (χ1v) is 6.40. The zero-order valence-corrected chi connectivity index (χ0v) is 11.5. The minimum absolute atomic E-state index is 0.473. The van der Waals surface area contributed by atoms with Crippen LogP contribution in [-0.4, -0.2) is 36.1 Å². The molecule has 4 nitrogen and oxygen atoms in total. The second kappa shape index (κ2) is 7.45. The topological polar surface area (TPSA) is 39.1 Å². The number of methoxy groups -OCH3 is 1. The van der Waals surface area contributed by atoms with E-state index in [1.807, 2.05) is 6.92 Å². The zero-order valence-electron chi connectivity index (χ0n) is 11.5. The Morgan fingerprint density at radius 2 is 2.24 bits per heavy atom. The summed E-state index contributed by atoms with van der Waals surface area (Å²) in [5.41, 5.74) is 2.34. The first-order valence-electron chi connectivity index (χ1n) is 6.40. The van der Waals surface area contributed by atoms with Gasteiger partial charge in [0, 0.05) is 25.4 Å². The Kier molecular flexibility index (Phi) is 6.22.